The third-order valence-corrected chi connectivity index (χ3v) is 4.20. The number of hydrogen-bond acceptors (Lipinski definition) is 6. The molecule has 5 nitrogen and oxygen atoms in total. The van der Waals surface area contributed by atoms with Gasteiger partial charge in [-0.05, 0) is 11.8 Å². The van der Waals surface area contributed by atoms with Crippen molar-refractivity contribution in [1.82, 2.24) is 10.6 Å². The maximum absolute atomic E-state index is 9.47. The first-order valence-electron chi connectivity index (χ1n) is 6.54. The van der Waals surface area contributed by atoms with Crippen LogP contribution in [0.15, 0.2) is 58.1 Å². The summed E-state index contributed by atoms with van der Waals surface area (Å²) >= 11 is 1.55. The fourth-order valence-corrected chi connectivity index (χ4v) is 2.99. The van der Waals surface area contributed by atoms with Gasteiger partial charge in [0.05, 0.1) is 18.2 Å². The Morgan fingerprint density at radius 3 is 2.76 bits per heavy atom. The fourth-order valence-electron chi connectivity index (χ4n) is 2.60. The Labute approximate surface area is 127 Å². The molecule has 6 heteroatoms. The topological polar surface area (TPSA) is 86.2 Å². The normalized spacial score (nSPS) is 21.0. The van der Waals surface area contributed by atoms with Gasteiger partial charge in [0.1, 0.15) is 11.6 Å². The lowest BCUT2D eigenvalue weighted by molar-refractivity contribution is 0.718. The molecule has 1 unspecified atom stereocenters. The third kappa shape index (κ3) is 2.36. The summed E-state index contributed by atoms with van der Waals surface area (Å²) in [5.74, 6) is 1.10. The van der Waals surface area contributed by atoms with Crippen LogP contribution in [0, 0.1) is 11.3 Å². The van der Waals surface area contributed by atoms with Gasteiger partial charge in [-0.25, -0.2) is 0 Å². The predicted molar refractivity (Wildman–Crippen MR) is 85.1 cm³/mol. The molecule has 0 saturated carbocycles. The number of rotatable bonds is 1. The van der Waals surface area contributed by atoms with Gasteiger partial charge in [0.2, 0.25) is 0 Å². The highest BCUT2D eigenvalue weighted by Crippen LogP contribution is 2.37. The van der Waals surface area contributed by atoms with Crippen molar-refractivity contribution in [2.24, 2.45) is 10.7 Å². The van der Waals surface area contributed by atoms with Crippen molar-refractivity contribution in [2.75, 3.05) is 12.8 Å². The summed E-state index contributed by atoms with van der Waals surface area (Å²) in [5, 5.41) is 16.6. The number of hydrogen-bond donors (Lipinski definition) is 3. The standard InChI is InChI=1S/C15H15N5S/c1-21-15-18-8-11-12(9-5-3-2-4-6-9)10(7-16)13(17)19-14(11)20-15/h2-6,12,19H,8,17H2,1H3,(H,18,20). The molecule has 0 spiro atoms. The van der Waals surface area contributed by atoms with Crippen LogP contribution in [0.2, 0.25) is 0 Å². The number of nitrogens with zero attached hydrogens (tertiary/aromatic N) is 2. The molecule has 4 N–H and O–H groups in total. The van der Waals surface area contributed by atoms with Crippen LogP contribution in [-0.2, 0) is 0 Å². The van der Waals surface area contributed by atoms with Crippen molar-refractivity contribution in [1.29, 1.82) is 5.26 Å². The highest BCUT2D eigenvalue weighted by molar-refractivity contribution is 8.13. The minimum absolute atomic E-state index is 0.146. The summed E-state index contributed by atoms with van der Waals surface area (Å²) in [4.78, 5) is 4.50. The molecule has 0 aliphatic carbocycles. The fraction of sp³-hybridized carbons (Fsp3) is 0.200. The summed E-state index contributed by atoms with van der Waals surface area (Å²) in [6.07, 6.45) is 1.97. The summed E-state index contributed by atoms with van der Waals surface area (Å²) < 4.78 is 0. The van der Waals surface area contributed by atoms with Gasteiger partial charge in [-0.15, -0.1) is 0 Å². The number of benzene rings is 1. The maximum atomic E-state index is 9.47. The number of nitriles is 1. The molecule has 3 rings (SSSR count). The summed E-state index contributed by atoms with van der Waals surface area (Å²) in [5.41, 5.74) is 8.68. The Kier molecular flexibility index (Phi) is 3.59. The van der Waals surface area contributed by atoms with Crippen LogP contribution >= 0.6 is 11.8 Å². The molecular weight excluding hydrogens is 282 g/mol. The Hall–Kier alpha value is -2.39. The average Bonchev–Trinajstić information content (AvgIpc) is 2.53. The van der Waals surface area contributed by atoms with Crippen molar-refractivity contribution in [2.45, 2.75) is 5.92 Å². The van der Waals surface area contributed by atoms with Gasteiger partial charge in [0, 0.05) is 11.5 Å². The zero-order chi connectivity index (χ0) is 14.8. The second-order valence-corrected chi connectivity index (χ2v) is 5.55. The van der Waals surface area contributed by atoms with E-state index in [9.17, 15) is 5.26 Å². The van der Waals surface area contributed by atoms with Crippen LogP contribution in [0.4, 0.5) is 0 Å². The van der Waals surface area contributed by atoms with E-state index in [4.69, 9.17) is 5.73 Å². The molecule has 0 aromatic heterocycles. The molecular formula is C15H15N5S. The van der Waals surface area contributed by atoms with Crippen molar-refractivity contribution < 1.29 is 0 Å². The molecule has 1 aromatic carbocycles. The second-order valence-electron chi connectivity index (χ2n) is 4.76. The van der Waals surface area contributed by atoms with E-state index in [-0.39, 0.29) is 5.92 Å². The predicted octanol–water partition coefficient (Wildman–Crippen LogP) is 1.60. The summed E-state index contributed by atoms with van der Waals surface area (Å²) in [7, 11) is 0. The van der Waals surface area contributed by atoms with Crippen molar-refractivity contribution in [3.05, 3.63) is 58.7 Å². The number of dihydropyridines is 1. The van der Waals surface area contributed by atoms with Crippen LogP contribution in [-0.4, -0.2) is 18.0 Å². The first-order chi connectivity index (χ1) is 10.2. The Balaban J connectivity index is 2.07. The van der Waals surface area contributed by atoms with Crippen molar-refractivity contribution >= 4 is 16.9 Å². The third-order valence-electron chi connectivity index (χ3n) is 3.58. The van der Waals surface area contributed by atoms with Crippen molar-refractivity contribution in [3.63, 3.8) is 0 Å². The first-order valence-corrected chi connectivity index (χ1v) is 7.77. The van der Waals surface area contributed by atoms with E-state index in [1.54, 1.807) is 11.8 Å². The van der Waals surface area contributed by atoms with Crippen LogP contribution in [0.3, 0.4) is 0 Å². The summed E-state index contributed by atoms with van der Waals surface area (Å²) in [6.45, 7) is 0.559. The van der Waals surface area contributed by atoms with Gasteiger partial charge in [-0.2, -0.15) is 5.26 Å². The van der Waals surface area contributed by atoms with Gasteiger partial charge in [0.25, 0.3) is 0 Å². The zero-order valence-corrected chi connectivity index (χ0v) is 12.4. The first kappa shape index (κ1) is 13.6. The molecule has 2 heterocycles. The minimum atomic E-state index is -0.146. The molecule has 21 heavy (non-hydrogen) atoms. The minimum Gasteiger partial charge on any atom is -0.384 e. The number of thioether (sulfide) groups is 1. The van der Waals surface area contributed by atoms with E-state index in [1.165, 1.54) is 0 Å². The van der Waals surface area contributed by atoms with Gasteiger partial charge in [0.15, 0.2) is 5.17 Å². The van der Waals surface area contributed by atoms with Crippen LogP contribution < -0.4 is 16.4 Å². The number of amidine groups is 1. The number of aliphatic imine (C=N–C) groups is 1. The van der Waals surface area contributed by atoms with E-state index in [2.05, 4.69) is 21.7 Å². The second kappa shape index (κ2) is 5.54. The quantitative estimate of drug-likeness (QED) is 0.733. The monoisotopic (exact) mass is 297 g/mol. The highest BCUT2D eigenvalue weighted by Gasteiger charge is 2.32. The Morgan fingerprint density at radius 1 is 1.33 bits per heavy atom. The van der Waals surface area contributed by atoms with E-state index < -0.39 is 0 Å². The molecule has 1 aromatic rings. The summed E-state index contributed by atoms with van der Waals surface area (Å²) in [6, 6.07) is 12.2. The van der Waals surface area contributed by atoms with Gasteiger partial charge in [-0.3, -0.25) is 4.99 Å². The molecule has 0 saturated heterocycles. The van der Waals surface area contributed by atoms with Crippen LogP contribution in [0.5, 0.6) is 0 Å². The van der Waals surface area contributed by atoms with Crippen LogP contribution in [0.25, 0.3) is 0 Å². The number of allylic oxidation sites excluding steroid dienone is 1. The van der Waals surface area contributed by atoms with Gasteiger partial charge in [-0.1, -0.05) is 42.1 Å². The zero-order valence-electron chi connectivity index (χ0n) is 11.6. The van der Waals surface area contributed by atoms with E-state index in [1.807, 2.05) is 36.6 Å². The van der Waals surface area contributed by atoms with E-state index in [0.29, 0.717) is 17.9 Å². The molecule has 0 radical (unpaired) electrons. The largest absolute Gasteiger partial charge is 0.384 e. The lowest BCUT2D eigenvalue weighted by Crippen LogP contribution is -2.41. The molecule has 2 aliphatic rings. The lowest BCUT2D eigenvalue weighted by atomic mass is 9.82. The number of nitrogens with one attached hydrogen (secondary N) is 2. The molecule has 0 fully saturated rings. The Morgan fingerprint density at radius 2 is 2.10 bits per heavy atom. The lowest BCUT2D eigenvalue weighted by Gasteiger charge is -2.32. The molecule has 106 valence electrons. The van der Waals surface area contributed by atoms with E-state index >= 15 is 0 Å². The molecule has 0 bridgehead atoms. The maximum Gasteiger partial charge on any atom is 0.162 e. The highest BCUT2D eigenvalue weighted by atomic mass is 32.2. The molecule has 1 atom stereocenters. The number of nitrogens with two attached hydrogens (primary N) is 1. The Bertz CT molecular complexity index is 697. The van der Waals surface area contributed by atoms with Gasteiger partial charge >= 0.3 is 0 Å². The average molecular weight is 297 g/mol. The molecule has 2 aliphatic heterocycles. The molecule has 0 amide bonds. The van der Waals surface area contributed by atoms with Gasteiger partial charge < -0.3 is 16.4 Å². The van der Waals surface area contributed by atoms with Crippen LogP contribution in [0.1, 0.15) is 11.5 Å². The van der Waals surface area contributed by atoms with E-state index in [0.717, 1.165) is 22.1 Å². The SMILES string of the molecule is CSC1=NCC2=C(N1)NC(N)=C(C#N)C2c1ccccc1. The smallest absolute Gasteiger partial charge is 0.162 e. The van der Waals surface area contributed by atoms with Crippen molar-refractivity contribution in [3.8, 4) is 6.07 Å².